The van der Waals surface area contributed by atoms with E-state index in [1.807, 2.05) is 17.0 Å². The van der Waals surface area contributed by atoms with E-state index in [0.29, 0.717) is 37.0 Å². The molecule has 3 aromatic rings. The van der Waals surface area contributed by atoms with Crippen LogP contribution in [-0.2, 0) is 10.0 Å². The number of aromatic amines is 1. The highest BCUT2D eigenvalue weighted by atomic mass is 32.2. The molecule has 1 amide bonds. The summed E-state index contributed by atoms with van der Waals surface area (Å²) in [5.41, 5.74) is 2.75. The minimum Gasteiger partial charge on any atom is -0.497 e. The number of likely N-dealkylation sites (tertiary alicyclic amines) is 1. The predicted octanol–water partition coefficient (Wildman–Crippen LogP) is 3.88. The van der Waals surface area contributed by atoms with Crippen molar-refractivity contribution in [3.63, 3.8) is 0 Å². The Hall–Kier alpha value is -2.84. The number of carbonyl (C=O) groups excluding carboxylic acids is 1. The summed E-state index contributed by atoms with van der Waals surface area (Å²) in [5.74, 6) is 1.52. The van der Waals surface area contributed by atoms with Gasteiger partial charge >= 0.3 is 0 Å². The van der Waals surface area contributed by atoms with Gasteiger partial charge in [0, 0.05) is 42.3 Å². The number of amides is 1. The molecule has 8 heteroatoms. The SMILES string of the molecule is COc1ccc2[nH]cc(C3CCN(C(=O)c4cccc(S(=O)(=O)NCC5CC5)c4)CC3)c2c1. The van der Waals surface area contributed by atoms with Crippen LogP contribution in [0.2, 0.25) is 0 Å². The van der Waals surface area contributed by atoms with Gasteiger partial charge in [-0.15, -0.1) is 0 Å². The second-order valence-electron chi connectivity index (χ2n) is 9.05. The summed E-state index contributed by atoms with van der Waals surface area (Å²) in [7, 11) is -1.93. The van der Waals surface area contributed by atoms with E-state index >= 15 is 0 Å². The fourth-order valence-corrected chi connectivity index (χ4v) is 5.75. The minimum atomic E-state index is -3.60. The van der Waals surface area contributed by atoms with Crippen molar-refractivity contribution >= 4 is 26.8 Å². The van der Waals surface area contributed by atoms with Gasteiger partial charge in [0.25, 0.3) is 5.91 Å². The van der Waals surface area contributed by atoms with Crippen molar-refractivity contribution < 1.29 is 17.9 Å². The van der Waals surface area contributed by atoms with Crippen molar-refractivity contribution in [1.29, 1.82) is 0 Å². The molecular weight excluding hydrogens is 438 g/mol. The number of hydrogen-bond acceptors (Lipinski definition) is 4. The van der Waals surface area contributed by atoms with Crippen molar-refractivity contribution in [1.82, 2.24) is 14.6 Å². The number of methoxy groups -OCH3 is 1. The van der Waals surface area contributed by atoms with Gasteiger partial charge in [-0.2, -0.15) is 0 Å². The number of H-pyrrole nitrogens is 1. The number of sulfonamides is 1. The second-order valence-corrected chi connectivity index (χ2v) is 10.8. The summed E-state index contributed by atoms with van der Waals surface area (Å²) in [6.07, 6.45) is 5.93. The lowest BCUT2D eigenvalue weighted by Crippen LogP contribution is -2.38. The molecule has 0 atom stereocenters. The van der Waals surface area contributed by atoms with E-state index in [-0.39, 0.29) is 10.8 Å². The summed E-state index contributed by atoms with van der Waals surface area (Å²) in [5, 5.41) is 1.16. The Bertz CT molecular complexity index is 1270. The van der Waals surface area contributed by atoms with Crippen LogP contribution in [0.3, 0.4) is 0 Å². The third-order valence-corrected chi connectivity index (χ3v) is 8.21. The van der Waals surface area contributed by atoms with Gasteiger partial charge in [-0.05, 0) is 79.5 Å². The van der Waals surface area contributed by atoms with Crippen LogP contribution in [0.15, 0.2) is 53.6 Å². The molecule has 2 heterocycles. The zero-order valence-electron chi connectivity index (χ0n) is 18.7. The number of fused-ring (bicyclic) bond motifs is 1. The van der Waals surface area contributed by atoms with Gasteiger partial charge in [0.15, 0.2) is 0 Å². The van der Waals surface area contributed by atoms with E-state index in [1.54, 1.807) is 25.3 Å². The first-order valence-electron chi connectivity index (χ1n) is 11.5. The second kappa shape index (κ2) is 8.83. The van der Waals surface area contributed by atoms with E-state index in [4.69, 9.17) is 4.74 Å². The largest absolute Gasteiger partial charge is 0.497 e. The van der Waals surface area contributed by atoms with Crippen LogP contribution in [-0.4, -0.2) is 51.0 Å². The van der Waals surface area contributed by atoms with Gasteiger partial charge in [-0.1, -0.05) is 6.07 Å². The first kappa shape index (κ1) is 22.0. The van der Waals surface area contributed by atoms with Gasteiger partial charge in [0.1, 0.15) is 5.75 Å². The Morgan fingerprint density at radius 3 is 2.64 bits per heavy atom. The van der Waals surface area contributed by atoms with E-state index in [1.165, 1.54) is 11.6 Å². The fourth-order valence-electron chi connectivity index (χ4n) is 4.59. The van der Waals surface area contributed by atoms with Crippen LogP contribution in [0, 0.1) is 5.92 Å². The normalized spacial score (nSPS) is 17.4. The minimum absolute atomic E-state index is 0.117. The number of benzene rings is 2. The summed E-state index contributed by atoms with van der Waals surface area (Å²) in [4.78, 5) is 18.4. The maximum atomic E-state index is 13.1. The zero-order valence-corrected chi connectivity index (χ0v) is 19.5. The highest BCUT2D eigenvalue weighted by molar-refractivity contribution is 7.89. The molecule has 33 heavy (non-hydrogen) atoms. The lowest BCUT2D eigenvalue weighted by molar-refractivity contribution is 0.0713. The lowest BCUT2D eigenvalue weighted by Gasteiger charge is -2.32. The van der Waals surface area contributed by atoms with Crippen molar-refractivity contribution in [2.24, 2.45) is 5.92 Å². The topological polar surface area (TPSA) is 91.5 Å². The third-order valence-electron chi connectivity index (χ3n) is 6.79. The van der Waals surface area contributed by atoms with Crippen LogP contribution < -0.4 is 9.46 Å². The fraction of sp³-hybridized carbons (Fsp3) is 0.400. The molecule has 2 fully saturated rings. The van der Waals surface area contributed by atoms with Crippen LogP contribution in [0.25, 0.3) is 10.9 Å². The van der Waals surface area contributed by atoms with E-state index in [2.05, 4.69) is 22.0 Å². The summed E-state index contributed by atoms with van der Waals surface area (Å²) in [6, 6.07) is 12.4. The molecule has 2 N–H and O–H groups in total. The Kier molecular flexibility index (Phi) is 5.88. The van der Waals surface area contributed by atoms with Crippen LogP contribution >= 0.6 is 0 Å². The lowest BCUT2D eigenvalue weighted by atomic mass is 9.89. The Morgan fingerprint density at radius 1 is 1.12 bits per heavy atom. The average molecular weight is 468 g/mol. The van der Waals surface area contributed by atoms with Crippen LogP contribution in [0.5, 0.6) is 5.75 Å². The van der Waals surface area contributed by atoms with Gasteiger partial charge in [-0.25, -0.2) is 13.1 Å². The number of nitrogens with zero attached hydrogens (tertiary/aromatic N) is 1. The maximum absolute atomic E-state index is 13.1. The average Bonchev–Trinajstić information content (AvgIpc) is 3.59. The highest BCUT2D eigenvalue weighted by Crippen LogP contribution is 2.35. The molecule has 1 aliphatic heterocycles. The molecule has 1 saturated heterocycles. The third kappa shape index (κ3) is 4.63. The summed E-state index contributed by atoms with van der Waals surface area (Å²) < 4.78 is 33.2. The van der Waals surface area contributed by atoms with E-state index < -0.39 is 10.0 Å². The number of nitrogens with one attached hydrogen (secondary N) is 2. The Morgan fingerprint density at radius 2 is 1.91 bits per heavy atom. The number of carbonyl (C=O) groups is 1. The van der Waals surface area contributed by atoms with Gasteiger partial charge in [0.05, 0.1) is 12.0 Å². The standard InChI is InChI=1S/C25H29N3O4S/c1-32-20-7-8-24-22(14-20)23(16-26-24)18-9-11-28(12-10-18)25(29)19-3-2-4-21(13-19)33(30,31)27-15-17-5-6-17/h2-4,7-8,13-14,16-18,26-27H,5-6,9-12,15H2,1H3. The molecule has 7 nitrogen and oxygen atoms in total. The first-order chi connectivity index (χ1) is 15.9. The number of hydrogen-bond donors (Lipinski definition) is 2. The molecule has 2 aromatic carbocycles. The molecule has 5 rings (SSSR count). The van der Waals surface area contributed by atoms with Crippen molar-refractivity contribution in [3.8, 4) is 5.75 Å². The Balaban J connectivity index is 1.26. The highest BCUT2D eigenvalue weighted by Gasteiger charge is 2.28. The summed E-state index contributed by atoms with van der Waals surface area (Å²) >= 11 is 0. The van der Waals surface area contributed by atoms with Crippen molar-refractivity contribution in [2.45, 2.75) is 36.5 Å². The number of piperidine rings is 1. The predicted molar refractivity (Wildman–Crippen MR) is 127 cm³/mol. The smallest absolute Gasteiger partial charge is 0.253 e. The van der Waals surface area contributed by atoms with Crippen molar-refractivity contribution in [2.75, 3.05) is 26.7 Å². The van der Waals surface area contributed by atoms with Crippen LogP contribution in [0.4, 0.5) is 0 Å². The Labute approximate surface area is 194 Å². The molecule has 1 saturated carbocycles. The van der Waals surface area contributed by atoms with Gasteiger partial charge in [0.2, 0.25) is 10.0 Å². The number of ether oxygens (including phenoxy) is 1. The molecule has 0 unspecified atom stereocenters. The molecule has 2 aliphatic rings. The van der Waals surface area contributed by atoms with E-state index in [0.717, 1.165) is 42.3 Å². The molecule has 0 spiro atoms. The summed E-state index contributed by atoms with van der Waals surface area (Å²) in [6.45, 7) is 1.74. The zero-order chi connectivity index (χ0) is 23.0. The van der Waals surface area contributed by atoms with Crippen LogP contribution in [0.1, 0.15) is 47.5 Å². The molecular formula is C25H29N3O4S. The van der Waals surface area contributed by atoms with Gasteiger partial charge < -0.3 is 14.6 Å². The number of aromatic nitrogens is 1. The first-order valence-corrected chi connectivity index (χ1v) is 13.0. The number of rotatable bonds is 7. The monoisotopic (exact) mass is 467 g/mol. The molecule has 1 aliphatic carbocycles. The molecule has 0 bridgehead atoms. The molecule has 1 aromatic heterocycles. The van der Waals surface area contributed by atoms with Crippen molar-refractivity contribution in [3.05, 3.63) is 59.8 Å². The maximum Gasteiger partial charge on any atom is 0.253 e. The van der Waals surface area contributed by atoms with E-state index in [9.17, 15) is 13.2 Å². The molecule has 174 valence electrons. The molecule has 0 radical (unpaired) electrons. The quantitative estimate of drug-likeness (QED) is 0.552. The van der Waals surface area contributed by atoms with Gasteiger partial charge in [-0.3, -0.25) is 4.79 Å².